The summed E-state index contributed by atoms with van der Waals surface area (Å²) in [5.41, 5.74) is 2.28. The molecule has 18 heavy (non-hydrogen) atoms. The molecule has 94 valence electrons. The van der Waals surface area contributed by atoms with Crippen molar-refractivity contribution in [3.05, 3.63) is 30.2 Å². The molecule has 1 aromatic carbocycles. The molecule has 1 unspecified atom stereocenters. The van der Waals surface area contributed by atoms with E-state index in [0.29, 0.717) is 6.04 Å². The number of hydrogen-bond donors (Lipinski definition) is 1. The van der Waals surface area contributed by atoms with E-state index in [9.17, 15) is 0 Å². The lowest BCUT2D eigenvalue weighted by atomic mass is 10.1. The van der Waals surface area contributed by atoms with E-state index in [4.69, 9.17) is 0 Å². The standard InChI is InChI=1S/C14H18N4/c1-10-9-18(7-6-15-10)14-5-3-4-13-12(14)8-16-11(2)17-13/h3-5,8,10,15H,6-7,9H2,1-2H3. The molecule has 1 aliphatic rings. The van der Waals surface area contributed by atoms with Gasteiger partial charge < -0.3 is 10.2 Å². The highest BCUT2D eigenvalue weighted by molar-refractivity contribution is 5.91. The summed E-state index contributed by atoms with van der Waals surface area (Å²) in [7, 11) is 0. The van der Waals surface area contributed by atoms with Gasteiger partial charge >= 0.3 is 0 Å². The predicted octanol–water partition coefficient (Wildman–Crippen LogP) is 1.74. The van der Waals surface area contributed by atoms with Crippen molar-refractivity contribution in [1.82, 2.24) is 15.3 Å². The lowest BCUT2D eigenvalue weighted by Gasteiger charge is -2.34. The van der Waals surface area contributed by atoms with Crippen LogP contribution in [0.1, 0.15) is 12.7 Å². The van der Waals surface area contributed by atoms with Gasteiger partial charge in [-0.1, -0.05) is 6.07 Å². The normalized spacial score (nSPS) is 20.3. The van der Waals surface area contributed by atoms with E-state index in [-0.39, 0.29) is 0 Å². The summed E-state index contributed by atoms with van der Waals surface area (Å²) in [6, 6.07) is 6.83. The molecule has 1 aromatic heterocycles. The number of anilines is 1. The monoisotopic (exact) mass is 242 g/mol. The van der Waals surface area contributed by atoms with Gasteiger partial charge in [0.05, 0.1) is 5.52 Å². The molecule has 0 aliphatic carbocycles. The third kappa shape index (κ3) is 2.04. The third-order valence-corrected chi connectivity index (χ3v) is 3.43. The second kappa shape index (κ2) is 4.53. The van der Waals surface area contributed by atoms with Crippen LogP contribution in [0, 0.1) is 6.92 Å². The average molecular weight is 242 g/mol. The summed E-state index contributed by atoms with van der Waals surface area (Å²) >= 11 is 0. The highest BCUT2D eigenvalue weighted by Crippen LogP contribution is 2.25. The predicted molar refractivity (Wildman–Crippen MR) is 74.0 cm³/mol. The maximum Gasteiger partial charge on any atom is 0.125 e. The molecule has 1 N–H and O–H groups in total. The minimum absolute atomic E-state index is 0.528. The molecule has 1 saturated heterocycles. The summed E-state index contributed by atoms with van der Waals surface area (Å²) in [5.74, 6) is 0.827. The molecule has 2 heterocycles. The molecule has 0 spiro atoms. The van der Waals surface area contributed by atoms with Crippen LogP contribution in [0.3, 0.4) is 0 Å². The third-order valence-electron chi connectivity index (χ3n) is 3.43. The van der Waals surface area contributed by atoms with Gasteiger partial charge in [-0.25, -0.2) is 9.97 Å². The summed E-state index contributed by atoms with van der Waals surface area (Å²) in [4.78, 5) is 11.2. The first kappa shape index (κ1) is 11.4. The largest absolute Gasteiger partial charge is 0.368 e. The Balaban J connectivity index is 2.05. The fourth-order valence-corrected chi connectivity index (χ4v) is 2.56. The van der Waals surface area contributed by atoms with Crippen molar-refractivity contribution in [2.24, 2.45) is 0 Å². The highest BCUT2D eigenvalue weighted by Gasteiger charge is 2.17. The molecular weight excluding hydrogens is 224 g/mol. The second-order valence-corrected chi connectivity index (χ2v) is 4.93. The van der Waals surface area contributed by atoms with Crippen LogP contribution in [0.25, 0.3) is 10.9 Å². The second-order valence-electron chi connectivity index (χ2n) is 4.93. The molecule has 0 saturated carbocycles. The molecule has 1 atom stereocenters. The number of benzene rings is 1. The van der Waals surface area contributed by atoms with Crippen molar-refractivity contribution in [3.8, 4) is 0 Å². The van der Waals surface area contributed by atoms with Gasteiger partial charge in [-0.15, -0.1) is 0 Å². The van der Waals surface area contributed by atoms with Crippen molar-refractivity contribution in [2.75, 3.05) is 24.5 Å². The van der Waals surface area contributed by atoms with Crippen LogP contribution in [0.15, 0.2) is 24.4 Å². The van der Waals surface area contributed by atoms with Crippen LogP contribution in [0.2, 0.25) is 0 Å². The van der Waals surface area contributed by atoms with E-state index >= 15 is 0 Å². The number of fused-ring (bicyclic) bond motifs is 1. The molecule has 4 heteroatoms. The average Bonchev–Trinajstić information content (AvgIpc) is 2.37. The van der Waals surface area contributed by atoms with Crippen LogP contribution in [0.5, 0.6) is 0 Å². The van der Waals surface area contributed by atoms with Gasteiger partial charge in [0.2, 0.25) is 0 Å². The molecular formula is C14H18N4. The zero-order valence-corrected chi connectivity index (χ0v) is 10.8. The van der Waals surface area contributed by atoms with E-state index in [0.717, 1.165) is 36.4 Å². The van der Waals surface area contributed by atoms with Gasteiger partial charge in [-0.05, 0) is 26.0 Å². The van der Waals surface area contributed by atoms with Gasteiger partial charge in [-0.2, -0.15) is 0 Å². The summed E-state index contributed by atoms with van der Waals surface area (Å²) in [6.45, 7) is 7.26. The number of aromatic nitrogens is 2. The Kier molecular flexibility index (Phi) is 2.88. The van der Waals surface area contributed by atoms with Gasteiger partial charge in [0.15, 0.2) is 0 Å². The zero-order chi connectivity index (χ0) is 12.5. The quantitative estimate of drug-likeness (QED) is 0.827. The molecule has 0 amide bonds. The Hall–Kier alpha value is -1.68. The maximum atomic E-state index is 4.50. The molecule has 0 bridgehead atoms. The van der Waals surface area contributed by atoms with Gasteiger partial charge in [0.1, 0.15) is 5.82 Å². The number of nitrogens with one attached hydrogen (secondary N) is 1. The number of piperazine rings is 1. The van der Waals surface area contributed by atoms with Crippen LogP contribution in [-0.4, -0.2) is 35.6 Å². The lowest BCUT2D eigenvalue weighted by Crippen LogP contribution is -2.49. The number of hydrogen-bond acceptors (Lipinski definition) is 4. The first-order valence-electron chi connectivity index (χ1n) is 6.45. The zero-order valence-electron chi connectivity index (χ0n) is 10.8. The Bertz CT molecular complexity index is 567. The van der Waals surface area contributed by atoms with Crippen LogP contribution in [0.4, 0.5) is 5.69 Å². The van der Waals surface area contributed by atoms with Crippen LogP contribution < -0.4 is 10.2 Å². The van der Waals surface area contributed by atoms with Crippen molar-refractivity contribution in [3.63, 3.8) is 0 Å². The van der Waals surface area contributed by atoms with Crippen LogP contribution >= 0.6 is 0 Å². The summed E-state index contributed by atoms with van der Waals surface area (Å²) < 4.78 is 0. The minimum Gasteiger partial charge on any atom is -0.368 e. The molecule has 3 rings (SSSR count). The maximum absolute atomic E-state index is 4.50. The van der Waals surface area contributed by atoms with E-state index < -0.39 is 0 Å². The van der Waals surface area contributed by atoms with E-state index in [1.165, 1.54) is 5.69 Å². The Morgan fingerprint density at radius 3 is 3.11 bits per heavy atom. The first-order chi connectivity index (χ1) is 8.74. The Morgan fingerprint density at radius 1 is 1.39 bits per heavy atom. The topological polar surface area (TPSA) is 41.1 Å². The smallest absolute Gasteiger partial charge is 0.125 e. The highest BCUT2D eigenvalue weighted by atomic mass is 15.2. The molecule has 2 aromatic rings. The summed E-state index contributed by atoms with van der Waals surface area (Å²) in [5, 5.41) is 4.62. The number of rotatable bonds is 1. The van der Waals surface area contributed by atoms with Gasteiger partial charge in [0.25, 0.3) is 0 Å². The first-order valence-corrected chi connectivity index (χ1v) is 6.45. The number of nitrogens with zero attached hydrogens (tertiary/aromatic N) is 3. The minimum atomic E-state index is 0.528. The fourth-order valence-electron chi connectivity index (χ4n) is 2.56. The van der Waals surface area contributed by atoms with E-state index in [1.54, 1.807) is 0 Å². The summed E-state index contributed by atoms with van der Waals surface area (Å²) in [6.07, 6.45) is 1.94. The van der Waals surface area contributed by atoms with E-state index in [2.05, 4.69) is 45.3 Å². The lowest BCUT2D eigenvalue weighted by molar-refractivity contribution is 0.485. The fraction of sp³-hybridized carbons (Fsp3) is 0.429. The van der Waals surface area contributed by atoms with E-state index in [1.807, 2.05) is 13.1 Å². The molecule has 1 aliphatic heterocycles. The molecule has 1 fully saturated rings. The van der Waals surface area contributed by atoms with Crippen molar-refractivity contribution in [1.29, 1.82) is 0 Å². The van der Waals surface area contributed by atoms with Gasteiger partial charge in [0, 0.05) is 42.9 Å². The van der Waals surface area contributed by atoms with Crippen molar-refractivity contribution >= 4 is 16.6 Å². The molecule has 4 nitrogen and oxygen atoms in total. The Labute approximate surface area is 107 Å². The van der Waals surface area contributed by atoms with Crippen molar-refractivity contribution < 1.29 is 0 Å². The SMILES string of the molecule is Cc1ncc2c(N3CCNC(C)C3)cccc2n1. The van der Waals surface area contributed by atoms with Crippen molar-refractivity contribution in [2.45, 2.75) is 19.9 Å². The molecule has 0 radical (unpaired) electrons. The number of aryl methyl sites for hydroxylation is 1. The van der Waals surface area contributed by atoms with Crippen LogP contribution in [-0.2, 0) is 0 Å². The Morgan fingerprint density at radius 2 is 2.28 bits per heavy atom. The van der Waals surface area contributed by atoms with Gasteiger partial charge in [-0.3, -0.25) is 0 Å².